The average molecular weight is 339 g/mol. The van der Waals surface area contributed by atoms with Gasteiger partial charge in [-0.05, 0) is 92.7 Å². The van der Waals surface area contributed by atoms with Crippen molar-refractivity contribution in [2.24, 2.45) is 17.8 Å². The van der Waals surface area contributed by atoms with Crippen LogP contribution in [0.25, 0.3) is 0 Å². The maximum atomic E-state index is 12.0. The first-order valence-electron chi connectivity index (χ1n) is 10.1. The molecule has 2 aliphatic rings. The minimum Gasteiger partial charge on any atom is -0.216 e. The van der Waals surface area contributed by atoms with Crippen LogP contribution in [0.3, 0.4) is 0 Å². The van der Waals surface area contributed by atoms with Crippen LogP contribution < -0.4 is 0 Å². The molecule has 2 aliphatic carbocycles. The van der Waals surface area contributed by atoms with Gasteiger partial charge in [-0.15, -0.1) is 0 Å². The molecule has 0 amide bonds. The summed E-state index contributed by atoms with van der Waals surface area (Å²) in [6.07, 6.45) is 15.2. The minimum atomic E-state index is 0.688. The van der Waals surface area contributed by atoms with Gasteiger partial charge in [0.05, 0.1) is 18.0 Å². The molecule has 0 atom stereocenters. The predicted octanol–water partition coefficient (Wildman–Crippen LogP) is 6.90. The van der Waals surface area contributed by atoms with Crippen LogP contribution in [0.4, 0.5) is 4.39 Å². The molecule has 0 heterocycles. The number of hydrogen-bond acceptors (Lipinski definition) is 1. The first-order chi connectivity index (χ1) is 12.3. The van der Waals surface area contributed by atoms with Crippen molar-refractivity contribution < 1.29 is 4.39 Å². The molecule has 3 rings (SSSR count). The second-order valence-corrected chi connectivity index (χ2v) is 8.07. The molecule has 1 aromatic carbocycles. The quantitative estimate of drug-likeness (QED) is 0.572. The van der Waals surface area contributed by atoms with Gasteiger partial charge in [-0.3, -0.25) is 0 Å². The van der Waals surface area contributed by atoms with E-state index in [4.69, 9.17) is 5.26 Å². The van der Waals surface area contributed by atoms with Crippen molar-refractivity contribution in [3.8, 4) is 6.07 Å². The van der Waals surface area contributed by atoms with Crippen LogP contribution in [0.5, 0.6) is 0 Å². The van der Waals surface area contributed by atoms with E-state index in [-0.39, 0.29) is 0 Å². The predicted molar refractivity (Wildman–Crippen MR) is 101 cm³/mol. The lowest BCUT2D eigenvalue weighted by Gasteiger charge is -2.38. The SMILES string of the molecule is N#Cc1ccc([C@H]2CC[C@H]([C@H]3CC[C@H](CC/C=C/F)CC3)CC2)cc1. The van der Waals surface area contributed by atoms with E-state index in [9.17, 15) is 4.39 Å². The smallest absolute Gasteiger partial charge is 0.0991 e. The number of nitrogens with zero attached hydrogens (tertiary/aromatic N) is 1. The minimum absolute atomic E-state index is 0.688. The largest absolute Gasteiger partial charge is 0.216 e. The van der Waals surface area contributed by atoms with Gasteiger partial charge in [-0.1, -0.05) is 31.1 Å². The van der Waals surface area contributed by atoms with Crippen LogP contribution in [0.15, 0.2) is 36.7 Å². The molecule has 0 bridgehead atoms. The Morgan fingerprint density at radius 1 is 0.920 bits per heavy atom. The molecule has 2 fully saturated rings. The van der Waals surface area contributed by atoms with Crippen molar-refractivity contribution in [1.29, 1.82) is 5.26 Å². The molecule has 0 aromatic heterocycles. The summed E-state index contributed by atoms with van der Waals surface area (Å²) >= 11 is 0. The highest BCUT2D eigenvalue weighted by Crippen LogP contribution is 2.44. The van der Waals surface area contributed by atoms with E-state index < -0.39 is 0 Å². The fourth-order valence-corrected chi connectivity index (χ4v) is 5.10. The zero-order valence-corrected chi connectivity index (χ0v) is 15.2. The topological polar surface area (TPSA) is 23.8 Å². The summed E-state index contributed by atoms with van der Waals surface area (Å²) in [5.41, 5.74) is 2.18. The third-order valence-corrected chi connectivity index (χ3v) is 6.67. The molecule has 0 radical (unpaired) electrons. The van der Waals surface area contributed by atoms with Gasteiger partial charge in [0, 0.05) is 0 Å². The van der Waals surface area contributed by atoms with Crippen LogP contribution in [0.1, 0.15) is 81.3 Å². The Morgan fingerprint density at radius 2 is 1.52 bits per heavy atom. The van der Waals surface area contributed by atoms with E-state index in [1.165, 1.54) is 63.4 Å². The summed E-state index contributed by atoms with van der Waals surface area (Å²) in [5, 5.41) is 8.93. The highest BCUT2D eigenvalue weighted by molar-refractivity contribution is 5.33. The lowest BCUT2D eigenvalue weighted by atomic mass is 9.68. The van der Waals surface area contributed by atoms with Crippen molar-refractivity contribution in [2.45, 2.75) is 70.1 Å². The van der Waals surface area contributed by atoms with Gasteiger partial charge in [0.15, 0.2) is 0 Å². The summed E-state index contributed by atoms with van der Waals surface area (Å²) in [6.45, 7) is 0. The lowest BCUT2D eigenvalue weighted by molar-refractivity contribution is 0.157. The first kappa shape index (κ1) is 18.2. The fraction of sp³-hybridized carbons (Fsp3) is 0.609. The van der Waals surface area contributed by atoms with Crippen molar-refractivity contribution in [3.05, 3.63) is 47.8 Å². The number of hydrogen-bond donors (Lipinski definition) is 0. The number of allylic oxidation sites excluding steroid dienone is 1. The third kappa shape index (κ3) is 4.94. The highest BCUT2D eigenvalue weighted by Gasteiger charge is 2.31. The van der Waals surface area contributed by atoms with Crippen molar-refractivity contribution in [2.75, 3.05) is 0 Å². The molecular weight excluding hydrogens is 309 g/mol. The first-order valence-corrected chi connectivity index (χ1v) is 10.1. The molecular formula is C23H30FN. The normalized spacial score (nSPS) is 30.2. The molecule has 0 saturated heterocycles. The molecule has 134 valence electrons. The van der Waals surface area contributed by atoms with Gasteiger partial charge >= 0.3 is 0 Å². The fourth-order valence-electron chi connectivity index (χ4n) is 5.10. The van der Waals surface area contributed by atoms with Crippen LogP contribution >= 0.6 is 0 Å². The van der Waals surface area contributed by atoms with Crippen molar-refractivity contribution in [1.82, 2.24) is 0 Å². The van der Waals surface area contributed by atoms with Gasteiger partial charge in [-0.2, -0.15) is 5.26 Å². The lowest BCUT2D eigenvalue weighted by Crippen LogP contribution is -2.25. The summed E-state index contributed by atoms with van der Waals surface area (Å²) in [6, 6.07) is 10.4. The van der Waals surface area contributed by atoms with Crippen LogP contribution in [-0.4, -0.2) is 0 Å². The molecule has 0 spiro atoms. The van der Waals surface area contributed by atoms with Crippen LogP contribution in [0, 0.1) is 29.1 Å². The average Bonchev–Trinajstić information content (AvgIpc) is 2.69. The molecule has 1 nitrogen and oxygen atoms in total. The molecule has 2 saturated carbocycles. The third-order valence-electron chi connectivity index (χ3n) is 6.67. The number of rotatable bonds is 5. The summed E-state index contributed by atoms with van der Waals surface area (Å²) < 4.78 is 12.0. The zero-order valence-electron chi connectivity index (χ0n) is 15.2. The molecule has 2 heteroatoms. The summed E-state index contributed by atoms with van der Waals surface area (Å²) in [5.74, 6) is 3.35. The van der Waals surface area contributed by atoms with Gasteiger partial charge in [-0.25, -0.2) is 4.39 Å². The Labute approximate surface area is 151 Å². The zero-order chi connectivity index (χ0) is 17.5. The number of benzene rings is 1. The Hall–Kier alpha value is -1.62. The number of halogens is 1. The Balaban J connectivity index is 1.43. The van der Waals surface area contributed by atoms with Gasteiger partial charge in [0.1, 0.15) is 0 Å². The van der Waals surface area contributed by atoms with Gasteiger partial charge in [0.25, 0.3) is 0 Å². The van der Waals surface area contributed by atoms with Gasteiger partial charge in [0.2, 0.25) is 0 Å². The van der Waals surface area contributed by atoms with Gasteiger partial charge < -0.3 is 0 Å². The Morgan fingerprint density at radius 3 is 2.08 bits per heavy atom. The summed E-state index contributed by atoms with van der Waals surface area (Å²) in [4.78, 5) is 0. The Kier molecular flexibility index (Phi) is 6.68. The molecule has 0 unspecified atom stereocenters. The highest BCUT2D eigenvalue weighted by atomic mass is 19.1. The van der Waals surface area contributed by atoms with E-state index in [1.54, 1.807) is 6.08 Å². The van der Waals surface area contributed by atoms with E-state index in [2.05, 4.69) is 18.2 Å². The molecule has 0 aliphatic heterocycles. The molecule has 1 aromatic rings. The van der Waals surface area contributed by atoms with E-state index in [0.717, 1.165) is 29.7 Å². The molecule has 0 N–H and O–H groups in total. The summed E-state index contributed by atoms with van der Waals surface area (Å²) in [7, 11) is 0. The second kappa shape index (κ2) is 9.18. The van der Waals surface area contributed by atoms with E-state index >= 15 is 0 Å². The van der Waals surface area contributed by atoms with E-state index in [1.807, 2.05) is 12.1 Å². The second-order valence-electron chi connectivity index (χ2n) is 8.07. The van der Waals surface area contributed by atoms with Crippen LogP contribution in [0.2, 0.25) is 0 Å². The van der Waals surface area contributed by atoms with E-state index in [0.29, 0.717) is 12.2 Å². The van der Waals surface area contributed by atoms with Crippen molar-refractivity contribution in [3.63, 3.8) is 0 Å². The Bertz CT molecular complexity index is 582. The maximum absolute atomic E-state index is 12.0. The standard InChI is InChI=1S/C23H30FN/c24-16-2-1-3-18-4-8-20(9-5-18)22-12-14-23(15-13-22)21-10-6-19(17-25)7-11-21/h2,6-7,10-11,16,18,20,22-23H,1,3-5,8-9,12-15H2/b16-2+/t18-,20-,22-,23-. The number of nitriles is 1. The van der Waals surface area contributed by atoms with Crippen molar-refractivity contribution >= 4 is 0 Å². The monoisotopic (exact) mass is 339 g/mol. The maximum Gasteiger partial charge on any atom is 0.0991 e. The molecule has 25 heavy (non-hydrogen) atoms. The van der Waals surface area contributed by atoms with Crippen LogP contribution in [-0.2, 0) is 0 Å².